The van der Waals surface area contributed by atoms with Gasteiger partial charge in [0.1, 0.15) is 19.3 Å². The van der Waals surface area contributed by atoms with E-state index < -0.39 is 97.5 Å². The molecule has 0 saturated heterocycles. The lowest BCUT2D eigenvalue weighted by atomic mass is 9.99. The predicted octanol–water partition coefficient (Wildman–Crippen LogP) is 24.8. The fourth-order valence-corrected chi connectivity index (χ4v) is 14.3. The molecule has 0 amide bonds. The van der Waals surface area contributed by atoms with Crippen LogP contribution in [0.3, 0.4) is 0 Å². The van der Waals surface area contributed by atoms with E-state index >= 15 is 0 Å². The van der Waals surface area contributed by atoms with E-state index in [0.29, 0.717) is 25.7 Å². The Kier molecular flexibility index (Phi) is 70.6. The Labute approximate surface area is 626 Å². The van der Waals surface area contributed by atoms with Crippen LogP contribution in [0.2, 0.25) is 0 Å². The lowest BCUT2D eigenvalue weighted by Gasteiger charge is -2.21. The van der Waals surface area contributed by atoms with Crippen LogP contribution < -0.4 is 0 Å². The molecule has 0 bridgehead atoms. The van der Waals surface area contributed by atoms with Gasteiger partial charge in [-0.2, -0.15) is 0 Å². The molecule has 0 aromatic heterocycles. The summed E-state index contributed by atoms with van der Waals surface area (Å²) in [5.74, 6) is 1.05. The average Bonchev–Trinajstić information content (AvgIpc) is 0.909. The zero-order valence-corrected chi connectivity index (χ0v) is 69.0. The van der Waals surface area contributed by atoms with Crippen LogP contribution in [0, 0.1) is 23.7 Å². The van der Waals surface area contributed by atoms with Gasteiger partial charge in [-0.15, -0.1) is 0 Å². The van der Waals surface area contributed by atoms with Gasteiger partial charge in [-0.05, 0) is 49.4 Å². The predicted molar refractivity (Wildman–Crippen MR) is 418 cm³/mol. The second-order valence-corrected chi connectivity index (χ2v) is 34.2. The maximum atomic E-state index is 13.1. The van der Waals surface area contributed by atoms with Crippen molar-refractivity contribution in [2.75, 3.05) is 39.6 Å². The second-order valence-electron chi connectivity index (χ2n) is 31.3. The van der Waals surface area contributed by atoms with Gasteiger partial charge in [-0.25, -0.2) is 9.13 Å². The zero-order chi connectivity index (χ0) is 75.3. The second kappa shape index (κ2) is 72.0. The van der Waals surface area contributed by atoms with Crippen LogP contribution in [0.5, 0.6) is 0 Å². The van der Waals surface area contributed by atoms with E-state index in [1.165, 1.54) is 225 Å². The molecule has 0 aliphatic heterocycles. The van der Waals surface area contributed by atoms with Crippen molar-refractivity contribution in [3.63, 3.8) is 0 Å². The molecule has 19 heteroatoms. The number of hydrogen-bond donors (Lipinski definition) is 3. The maximum absolute atomic E-state index is 13.1. The van der Waals surface area contributed by atoms with E-state index in [-0.39, 0.29) is 25.7 Å². The van der Waals surface area contributed by atoms with E-state index in [1.54, 1.807) is 0 Å². The lowest BCUT2D eigenvalue weighted by molar-refractivity contribution is -0.161. The molecule has 0 rings (SSSR count). The number of carbonyl (C=O) groups is 4. The van der Waals surface area contributed by atoms with Gasteiger partial charge in [0.25, 0.3) is 0 Å². The van der Waals surface area contributed by atoms with Gasteiger partial charge in [0, 0.05) is 25.7 Å². The molecule has 4 unspecified atom stereocenters. The number of aliphatic hydroxyl groups excluding tert-OH is 1. The smallest absolute Gasteiger partial charge is 0.462 e. The number of esters is 4. The molecule has 606 valence electrons. The number of phosphoric acid groups is 2. The van der Waals surface area contributed by atoms with Crippen molar-refractivity contribution in [3.8, 4) is 0 Å². The fourth-order valence-electron chi connectivity index (χ4n) is 12.7. The SMILES string of the molecule is CCC(C)CCCCCCCCCCCCCCCCC(=O)OC[C@H](COP(=O)(O)OC[C@@H](O)COP(=O)(O)OC[C@@H](COC(=O)CCCCCCCCC(C)CC)OC(=O)CCCCCCCCCCCCCCC(C)C)OC(=O)CCCCCCCCCCCCCCCCCCC(C)C. The van der Waals surface area contributed by atoms with Crippen LogP contribution in [0.1, 0.15) is 428 Å². The first-order chi connectivity index (χ1) is 49.2. The number of phosphoric ester groups is 2. The summed E-state index contributed by atoms with van der Waals surface area (Å²) in [5.41, 5.74) is 0. The number of hydrogen-bond acceptors (Lipinski definition) is 15. The Bertz CT molecular complexity index is 1990. The molecular formula is C83H162O17P2. The third-order valence-electron chi connectivity index (χ3n) is 20.0. The van der Waals surface area contributed by atoms with Crippen LogP contribution >= 0.6 is 15.6 Å². The van der Waals surface area contributed by atoms with Gasteiger partial charge in [0.2, 0.25) is 0 Å². The number of rotatable bonds is 80. The third-order valence-corrected chi connectivity index (χ3v) is 21.9. The highest BCUT2D eigenvalue weighted by Gasteiger charge is 2.30. The standard InChI is InChI=1S/C83H162O17P2/c1-9-75(7)61-53-45-37-31-25-18-15-16-19-26-32-38-47-55-63-80(85)93-69-78(99-82(87)65-57-49-39-33-27-20-14-12-11-13-17-23-29-35-43-51-59-73(3)4)71-97-101(89,90)95-67-77(84)68-96-102(91,92)98-72-79(70-94-81(86)64-56-48-42-41-46-54-62-76(8)10-2)100-83(88)66-58-50-40-34-28-22-21-24-30-36-44-52-60-74(5)6/h73-79,84H,9-72H2,1-8H3,(H,89,90)(H,91,92)/t75?,76?,77-,78-,79-/m1/s1. The van der Waals surface area contributed by atoms with E-state index in [0.717, 1.165) is 120 Å². The monoisotopic (exact) mass is 1490 g/mol. The highest BCUT2D eigenvalue weighted by molar-refractivity contribution is 7.47. The summed E-state index contributed by atoms with van der Waals surface area (Å²) in [6, 6.07) is 0. The first-order valence-corrected chi connectivity index (χ1v) is 45.8. The first-order valence-electron chi connectivity index (χ1n) is 42.8. The van der Waals surface area contributed by atoms with Crippen LogP contribution in [-0.4, -0.2) is 96.7 Å². The molecule has 7 atom stereocenters. The summed E-state index contributed by atoms with van der Waals surface area (Å²) in [6.45, 7) is 14.3. The van der Waals surface area contributed by atoms with Crippen molar-refractivity contribution in [3.05, 3.63) is 0 Å². The minimum Gasteiger partial charge on any atom is -0.462 e. The summed E-state index contributed by atoms with van der Waals surface area (Å²) in [5, 5.41) is 10.7. The summed E-state index contributed by atoms with van der Waals surface area (Å²) < 4.78 is 68.8. The normalized spacial score (nSPS) is 14.5. The van der Waals surface area contributed by atoms with Crippen molar-refractivity contribution in [2.24, 2.45) is 23.7 Å². The van der Waals surface area contributed by atoms with Crippen molar-refractivity contribution >= 4 is 39.5 Å². The average molecular weight is 1490 g/mol. The highest BCUT2D eigenvalue weighted by Crippen LogP contribution is 2.45. The van der Waals surface area contributed by atoms with E-state index in [9.17, 15) is 43.2 Å². The van der Waals surface area contributed by atoms with Crippen molar-refractivity contribution in [2.45, 2.75) is 446 Å². The molecule has 0 aromatic rings. The van der Waals surface area contributed by atoms with Crippen molar-refractivity contribution < 1.29 is 80.2 Å². The van der Waals surface area contributed by atoms with Crippen LogP contribution in [0.4, 0.5) is 0 Å². The van der Waals surface area contributed by atoms with Gasteiger partial charge < -0.3 is 33.8 Å². The molecule has 0 fully saturated rings. The van der Waals surface area contributed by atoms with Crippen LogP contribution in [0.25, 0.3) is 0 Å². The quantitative estimate of drug-likeness (QED) is 0.0222. The Balaban J connectivity index is 5.25. The minimum absolute atomic E-state index is 0.106. The third kappa shape index (κ3) is 73.6. The van der Waals surface area contributed by atoms with Gasteiger partial charge in [-0.3, -0.25) is 37.3 Å². The van der Waals surface area contributed by atoms with E-state index in [1.807, 2.05) is 0 Å². The summed E-state index contributed by atoms with van der Waals surface area (Å²) >= 11 is 0. The number of carbonyl (C=O) groups excluding carboxylic acids is 4. The van der Waals surface area contributed by atoms with Crippen molar-refractivity contribution in [1.82, 2.24) is 0 Å². The molecule has 0 spiro atoms. The Morgan fingerprint density at radius 3 is 0.696 bits per heavy atom. The summed E-state index contributed by atoms with van der Waals surface area (Å²) in [7, 11) is -9.93. The Hall–Kier alpha value is -1.94. The molecule has 0 aliphatic rings. The topological polar surface area (TPSA) is 237 Å². The molecule has 3 N–H and O–H groups in total. The molecule has 0 saturated carbocycles. The molecule has 17 nitrogen and oxygen atoms in total. The zero-order valence-electron chi connectivity index (χ0n) is 67.2. The Morgan fingerprint density at radius 2 is 0.471 bits per heavy atom. The molecule has 0 aliphatic carbocycles. The van der Waals surface area contributed by atoms with Crippen LogP contribution in [0.15, 0.2) is 0 Å². The first kappa shape index (κ1) is 100. The highest BCUT2D eigenvalue weighted by atomic mass is 31.2. The van der Waals surface area contributed by atoms with E-state index in [4.69, 9.17) is 37.0 Å². The summed E-state index contributed by atoms with van der Waals surface area (Å²) in [6.07, 6.45) is 59.6. The Morgan fingerprint density at radius 1 is 0.275 bits per heavy atom. The van der Waals surface area contributed by atoms with Gasteiger partial charge in [0.05, 0.1) is 26.4 Å². The number of aliphatic hydroxyl groups is 1. The molecule has 0 heterocycles. The molecule has 102 heavy (non-hydrogen) atoms. The maximum Gasteiger partial charge on any atom is 0.472 e. The number of ether oxygens (including phenoxy) is 4. The largest absolute Gasteiger partial charge is 0.472 e. The summed E-state index contributed by atoms with van der Waals surface area (Å²) in [4.78, 5) is 73.1. The molecule has 0 aromatic carbocycles. The molecular weight excluding hydrogens is 1330 g/mol. The minimum atomic E-state index is -4.96. The molecule has 0 radical (unpaired) electrons. The van der Waals surface area contributed by atoms with E-state index in [2.05, 4.69) is 55.4 Å². The fraction of sp³-hybridized carbons (Fsp3) is 0.952. The lowest BCUT2D eigenvalue weighted by Crippen LogP contribution is -2.30. The van der Waals surface area contributed by atoms with Gasteiger partial charge in [0.15, 0.2) is 12.2 Å². The van der Waals surface area contributed by atoms with Gasteiger partial charge in [-0.1, -0.05) is 376 Å². The van der Waals surface area contributed by atoms with Gasteiger partial charge >= 0.3 is 39.5 Å². The van der Waals surface area contributed by atoms with Crippen molar-refractivity contribution in [1.29, 1.82) is 0 Å². The number of unbranched alkanes of at least 4 members (excludes halogenated alkanes) is 44. The van der Waals surface area contributed by atoms with Crippen LogP contribution in [-0.2, 0) is 65.4 Å².